The number of rotatable bonds is 7. The van der Waals surface area contributed by atoms with Gasteiger partial charge in [0.1, 0.15) is 0 Å². The van der Waals surface area contributed by atoms with E-state index < -0.39 is 0 Å². The third kappa shape index (κ3) is 4.21. The van der Waals surface area contributed by atoms with Gasteiger partial charge in [0.05, 0.1) is 0 Å². The van der Waals surface area contributed by atoms with E-state index >= 15 is 0 Å². The molecule has 2 N–H and O–H groups in total. The van der Waals surface area contributed by atoms with Gasteiger partial charge in [0, 0.05) is 35.4 Å². The first-order chi connectivity index (χ1) is 10.2. The van der Waals surface area contributed by atoms with E-state index in [1.54, 1.807) is 0 Å². The molecule has 0 bridgehead atoms. The average Bonchev–Trinajstić information content (AvgIpc) is 2.93. The molecule has 2 rings (SSSR count). The van der Waals surface area contributed by atoms with Crippen molar-refractivity contribution >= 4 is 21.6 Å². The number of nitrogens with zero attached hydrogens (tertiary/aromatic N) is 1. The molecular weight excluding hydrogens is 328 g/mol. The van der Waals surface area contributed by atoms with Crippen molar-refractivity contribution in [2.45, 2.75) is 51.6 Å². The Bertz CT molecular complexity index is 452. The van der Waals surface area contributed by atoms with E-state index in [9.17, 15) is 0 Å². The molecule has 2 unspecified atom stereocenters. The van der Waals surface area contributed by atoms with Gasteiger partial charge in [0.2, 0.25) is 0 Å². The zero-order valence-corrected chi connectivity index (χ0v) is 14.7. The maximum atomic E-state index is 9.10. The Morgan fingerprint density at radius 3 is 3.00 bits per heavy atom. The zero-order valence-electron chi connectivity index (χ0n) is 13.1. The van der Waals surface area contributed by atoms with Crippen LogP contribution in [0.4, 0.5) is 5.69 Å². The van der Waals surface area contributed by atoms with Gasteiger partial charge in [-0.2, -0.15) is 0 Å². The topological polar surface area (TPSA) is 35.5 Å². The van der Waals surface area contributed by atoms with E-state index in [2.05, 4.69) is 58.2 Å². The summed E-state index contributed by atoms with van der Waals surface area (Å²) >= 11 is 3.60. The van der Waals surface area contributed by atoms with Crippen molar-refractivity contribution in [3.05, 3.63) is 28.2 Å². The molecule has 4 heteroatoms. The van der Waals surface area contributed by atoms with Gasteiger partial charge in [-0.1, -0.05) is 22.9 Å². The largest absolute Gasteiger partial charge is 0.396 e. The molecule has 1 aromatic rings. The van der Waals surface area contributed by atoms with Gasteiger partial charge >= 0.3 is 0 Å². The highest BCUT2D eigenvalue weighted by Gasteiger charge is 2.26. The lowest BCUT2D eigenvalue weighted by Gasteiger charge is -2.31. The number of benzene rings is 1. The van der Waals surface area contributed by atoms with Gasteiger partial charge in [-0.05, 0) is 62.9 Å². The van der Waals surface area contributed by atoms with Crippen LogP contribution in [0.3, 0.4) is 0 Å². The normalized spacial score (nSPS) is 20.0. The third-order valence-corrected chi connectivity index (χ3v) is 4.84. The second-order valence-electron chi connectivity index (χ2n) is 5.84. The quantitative estimate of drug-likeness (QED) is 0.780. The van der Waals surface area contributed by atoms with Crippen LogP contribution in [-0.4, -0.2) is 30.8 Å². The van der Waals surface area contributed by atoms with Gasteiger partial charge in [-0.3, -0.25) is 0 Å². The molecule has 1 fully saturated rings. The highest BCUT2D eigenvalue weighted by molar-refractivity contribution is 9.10. The van der Waals surface area contributed by atoms with E-state index in [4.69, 9.17) is 5.11 Å². The number of nitrogens with one attached hydrogen (secondary N) is 1. The van der Waals surface area contributed by atoms with Crippen LogP contribution in [-0.2, 0) is 0 Å². The summed E-state index contributed by atoms with van der Waals surface area (Å²) < 4.78 is 1.14. The molecule has 0 radical (unpaired) electrons. The molecule has 1 saturated heterocycles. The number of hydrogen-bond donors (Lipinski definition) is 2. The monoisotopic (exact) mass is 354 g/mol. The Labute approximate surface area is 136 Å². The number of aliphatic hydroxyl groups is 1. The second-order valence-corrected chi connectivity index (χ2v) is 6.75. The predicted octanol–water partition coefficient (Wildman–Crippen LogP) is 3.86. The molecule has 3 nitrogen and oxygen atoms in total. The van der Waals surface area contributed by atoms with Crippen molar-refractivity contribution in [2.75, 3.05) is 24.6 Å². The Kier molecular flexibility index (Phi) is 6.52. The maximum Gasteiger partial charge on any atom is 0.0431 e. The van der Waals surface area contributed by atoms with Gasteiger partial charge < -0.3 is 15.3 Å². The lowest BCUT2D eigenvalue weighted by atomic mass is 10.0. The van der Waals surface area contributed by atoms with Crippen molar-refractivity contribution in [1.29, 1.82) is 0 Å². The van der Waals surface area contributed by atoms with Crippen LogP contribution in [0.15, 0.2) is 22.7 Å². The lowest BCUT2D eigenvalue weighted by molar-refractivity contribution is 0.279. The first-order valence-electron chi connectivity index (χ1n) is 8.07. The molecule has 118 valence electrons. The second kappa shape index (κ2) is 8.16. The minimum atomic E-state index is 0.297. The van der Waals surface area contributed by atoms with Crippen molar-refractivity contribution < 1.29 is 5.11 Å². The lowest BCUT2D eigenvalue weighted by Crippen LogP contribution is -2.31. The first-order valence-corrected chi connectivity index (χ1v) is 8.87. The summed E-state index contributed by atoms with van der Waals surface area (Å²) in [7, 11) is 0. The first kappa shape index (κ1) is 16.8. The number of anilines is 1. The van der Waals surface area contributed by atoms with Crippen LogP contribution in [0.5, 0.6) is 0 Å². The maximum absolute atomic E-state index is 9.10. The molecule has 0 aliphatic carbocycles. The van der Waals surface area contributed by atoms with E-state index in [1.165, 1.54) is 24.1 Å². The molecule has 0 spiro atoms. The van der Waals surface area contributed by atoms with E-state index in [-0.39, 0.29) is 0 Å². The Morgan fingerprint density at radius 2 is 2.29 bits per heavy atom. The summed E-state index contributed by atoms with van der Waals surface area (Å²) in [5.74, 6) is 0. The highest BCUT2D eigenvalue weighted by Crippen LogP contribution is 2.35. The smallest absolute Gasteiger partial charge is 0.0431 e. The number of aliphatic hydroxyl groups excluding tert-OH is 1. The summed E-state index contributed by atoms with van der Waals surface area (Å²) in [5, 5.41) is 12.6. The molecule has 0 saturated carbocycles. The van der Waals surface area contributed by atoms with Crippen molar-refractivity contribution in [3.63, 3.8) is 0 Å². The molecule has 1 aliphatic heterocycles. The van der Waals surface area contributed by atoms with Crippen LogP contribution in [0.25, 0.3) is 0 Å². The van der Waals surface area contributed by atoms with E-state index in [0.29, 0.717) is 18.7 Å². The fraction of sp³-hybridized carbons (Fsp3) is 0.647. The van der Waals surface area contributed by atoms with Crippen molar-refractivity contribution in [3.8, 4) is 0 Å². The molecule has 0 amide bonds. The van der Waals surface area contributed by atoms with Gasteiger partial charge in [0.15, 0.2) is 0 Å². The summed E-state index contributed by atoms with van der Waals surface area (Å²) in [6, 6.07) is 7.54. The zero-order chi connectivity index (χ0) is 15.2. The average molecular weight is 355 g/mol. The Balaban J connectivity index is 2.25. The fourth-order valence-corrected chi connectivity index (χ4v) is 3.71. The summed E-state index contributed by atoms with van der Waals surface area (Å²) in [5.41, 5.74) is 2.72. The van der Waals surface area contributed by atoms with E-state index in [0.717, 1.165) is 30.4 Å². The van der Waals surface area contributed by atoms with Crippen molar-refractivity contribution in [1.82, 2.24) is 5.32 Å². The van der Waals surface area contributed by atoms with Gasteiger partial charge in [0.25, 0.3) is 0 Å². The molecule has 1 aromatic carbocycles. The van der Waals surface area contributed by atoms with Crippen LogP contribution in [0.1, 0.15) is 51.1 Å². The summed E-state index contributed by atoms with van der Waals surface area (Å²) in [6.45, 7) is 6.78. The van der Waals surface area contributed by atoms with E-state index in [1.807, 2.05) is 0 Å². The number of hydrogen-bond acceptors (Lipinski definition) is 3. The fourth-order valence-electron chi connectivity index (χ4n) is 3.33. The number of halogens is 1. The standard InChI is InChI=1S/C17H27BrN2O/c1-3-19-13(2)16-12-14(18)8-9-17(16)20-10-4-6-15(20)7-5-11-21/h8-9,12-13,15,19,21H,3-7,10-11H2,1-2H3. The molecule has 1 heterocycles. The molecule has 2 atom stereocenters. The predicted molar refractivity (Wildman–Crippen MR) is 92.9 cm³/mol. The highest BCUT2D eigenvalue weighted by atomic mass is 79.9. The SMILES string of the molecule is CCNC(C)c1cc(Br)ccc1N1CCCC1CCCO. The van der Waals surface area contributed by atoms with Gasteiger partial charge in [-0.15, -0.1) is 0 Å². The van der Waals surface area contributed by atoms with Crippen LogP contribution in [0, 0.1) is 0 Å². The van der Waals surface area contributed by atoms with Crippen molar-refractivity contribution in [2.24, 2.45) is 0 Å². The molecule has 1 aliphatic rings. The Hall–Kier alpha value is -0.580. The summed E-state index contributed by atoms with van der Waals surface area (Å²) in [4.78, 5) is 2.55. The third-order valence-electron chi connectivity index (χ3n) is 4.35. The molecule has 0 aromatic heterocycles. The minimum Gasteiger partial charge on any atom is -0.396 e. The van der Waals surface area contributed by atoms with Crippen LogP contribution in [0.2, 0.25) is 0 Å². The Morgan fingerprint density at radius 1 is 1.48 bits per heavy atom. The van der Waals surface area contributed by atoms with Gasteiger partial charge in [-0.25, -0.2) is 0 Å². The molecular formula is C17H27BrN2O. The molecule has 21 heavy (non-hydrogen) atoms. The minimum absolute atomic E-state index is 0.297. The summed E-state index contributed by atoms with van der Waals surface area (Å²) in [6.07, 6.45) is 4.48. The van der Waals surface area contributed by atoms with Crippen LogP contribution >= 0.6 is 15.9 Å². The van der Waals surface area contributed by atoms with Crippen LogP contribution < -0.4 is 10.2 Å².